The number of aliphatic carboxylic acids is 1. The smallest absolute Gasteiger partial charge is 0.318 e. The van der Waals surface area contributed by atoms with Gasteiger partial charge in [0.05, 0.1) is 18.2 Å². The third kappa shape index (κ3) is 3.53. The summed E-state index contributed by atoms with van der Waals surface area (Å²) in [4.78, 5) is 29.0. The monoisotopic (exact) mass is 295 g/mol. The summed E-state index contributed by atoms with van der Waals surface area (Å²) < 4.78 is 5.41. The Morgan fingerprint density at radius 1 is 1.48 bits per heavy atom. The highest BCUT2D eigenvalue weighted by molar-refractivity contribution is 5.75. The zero-order chi connectivity index (χ0) is 15.6. The van der Waals surface area contributed by atoms with Crippen LogP contribution in [0.3, 0.4) is 0 Å². The lowest BCUT2D eigenvalue weighted by molar-refractivity contribution is -0.143. The Morgan fingerprint density at radius 3 is 2.71 bits per heavy atom. The van der Waals surface area contributed by atoms with E-state index in [0.29, 0.717) is 25.3 Å². The van der Waals surface area contributed by atoms with Gasteiger partial charge in [0, 0.05) is 12.6 Å². The number of hydrogen-bond donors (Lipinski definition) is 2. The average Bonchev–Trinajstić information content (AvgIpc) is 2.75. The summed E-state index contributed by atoms with van der Waals surface area (Å²) in [5.74, 6) is 0.0787. The summed E-state index contributed by atoms with van der Waals surface area (Å²) in [6, 6.07) is -0.298. The third-order valence-corrected chi connectivity index (χ3v) is 3.95. The topological polar surface area (TPSA) is 95.7 Å². The van der Waals surface area contributed by atoms with Crippen molar-refractivity contribution in [3.63, 3.8) is 0 Å². The summed E-state index contributed by atoms with van der Waals surface area (Å²) >= 11 is 0. The van der Waals surface area contributed by atoms with Gasteiger partial charge < -0.3 is 19.7 Å². The molecule has 0 aliphatic carbocycles. The summed E-state index contributed by atoms with van der Waals surface area (Å²) in [5, 5.41) is 11.8. The van der Waals surface area contributed by atoms with Crippen molar-refractivity contribution < 1.29 is 19.1 Å². The molecule has 0 radical (unpaired) electrons. The average molecular weight is 295 g/mol. The van der Waals surface area contributed by atoms with Crippen LogP contribution in [0.5, 0.6) is 0 Å². The number of amides is 2. The highest BCUT2D eigenvalue weighted by Crippen LogP contribution is 2.23. The molecule has 0 aromatic carbocycles. The number of nitrogens with one attached hydrogen (secondary N) is 1. The van der Waals surface area contributed by atoms with Gasteiger partial charge in [0.15, 0.2) is 0 Å². The molecule has 21 heavy (non-hydrogen) atoms. The first-order valence-electron chi connectivity index (χ1n) is 7.08. The molecule has 2 unspecified atom stereocenters. The number of likely N-dealkylation sites (tertiary alicyclic amines) is 1. The molecule has 1 fully saturated rings. The number of carbonyl (C=O) groups is 2. The number of piperidine rings is 1. The predicted molar refractivity (Wildman–Crippen MR) is 74.7 cm³/mol. The summed E-state index contributed by atoms with van der Waals surface area (Å²) in [5.41, 5.74) is 0.815. The van der Waals surface area contributed by atoms with Gasteiger partial charge in [-0.15, -0.1) is 0 Å². The normalized spacial score (nSPS) is 22.1. The SMILES string of the molecule is Cc1nc(CNC(=O)N2CCC(C(=O)O)CC2C)oc1C. The summed E-state index contributed by atoms with van der Waals surface area (Å²) in [6.45, 7) is 6.23. The second-order valence-corrected chi connectivity index (χ2v) is 5.51. The standard InChI is InChI=1S/C14H21N3O4/c1-8-6-11(13(18)19)4-5-17(8)14(20)15-7-12-16-9(2)10(3)21-12/h8,11H,4-7H2,1-3H3,(H,15,20)(H,18,19). The van der Waals surface area contributed by atoms with Crippen molar-refractivity contribution in [2.24, 2.45) is 5.92 Å². The molecule has 1 aromatic heterocycles. The minimum absolute atomic E-state index is 0.0899. The first kappa shape index (κ1) is 15.3. The van der Waals surface area contributed by atoms with E-state index in [-0.39, 0.29) is 24.5 Å². The fourth-order valence-electron chi connectivity index (χ4n) is 2.57. The number of carboxylic acid groups (broad SMARTS) is 1. The van der Waals surface area contributed by atoms with E-state index in [1.807, 2.05) is 20.8 Å². The quantitative estimate of drug-likeness (QED) is 0.884. The number of aromatic nitrogens is 1. The number of urea groups is 1. The predicted octanol–water partition coefficient (Wildman–Crippen LogP) is 1.69. The van der Waals surface area contributed by atoms with E-state index in [4.69, 9.17) is 9.52 Å². The van der Waals surface area contributed by atoms with Crippen LogP contribution in [0.25, 0.3) is 0 Å². The maximum atomic E-state index is 12.1. The largest absolute Gasteiger partial charge is 0.481 e. The molecule has 1 aromatic rings. The van der Waals surface area contributed by atoms with Crippen molar-refractivity contribution in [1.29, 1.82) is 0 Å². The van der Waals surface area contributed by atoms with E-state index in [0.717, 1.165) is 11.5 Å². The van der Waals surface area contributed by atoms with Crippen LogP contribution in [-0.4, -0.2) is 39.6 Å². The molecule has 2 N–H and O–H groups in total. The fraction of sp³-hybridized carbons (Fsp3) is 0.643. The van der Waals surface area contributed by atoms with E-state index in [9.17, 15) is 9.59 Å². The molecule has 2 atom stereocenters. The van der Waals surface area contributed by atoms with Crippen LogP contribution in [0, 0.1) is 19.8 Å². The van der Waals surface area contributed by atoms with Gasteiger partial charge in [-0.2, -0.15) is 0 Å². The Bertz CT molecular complexity index is 521. The molecule has 2 amide bonds. The van der Waals surface area contributed by atoms with Crippen LogP contribution in [0.1, 0.15) is 37.1 Å². The minimum atomic E-state index is -0.785. The Kier molecular flexibility index (Phi) is 4.50. The minimum Gasteiger partial charge on any atom is -0.481 e. The Morgan fingerprint density at radius 2 is 2.19 bits per heavy atom. The van der Waals surface area contributed by atoms with Crippen LogP contribution < -0.4 is 5.32 Å². The molecule has 0 bridgehead atoms. The molecule has 0 saturated carbocycles. The van der Waals surface area contributed by atoms with Gasteiger partial charge in [0.1, 0.15) is 5.76 Å². The summed E-state index contributed by atoms with van der Waals surface area (Å²) in [6.07, 6.45) is 0.976. The molecule has 1 saturated heterocycles. The third-order valence-electron chi connectivity index (χ3n) is 3.95. The molecule has 7 nitrogen and oxygen atoms in total. The van der Waals surface area contributed by atoms with Crippen molar-refractivity contribution >= 4 is 12.0 Å². The van der Waals surface area contributed by atoms with Gasteiger partial charge in [0.2, 0.25) is 5.89 Å². The first-order valence-corrected chi connectivity index (χ1v) is 7.08. The van der Waals surface area contributed by atoms with Crippen molar-refractivity contribution in [3.05, 3.63) is 17.3 Å². The lowest BCUT2D eigenvalue weighted by Crippen LogP contribution is -2.50. The Hall–Kier alpha value is -2.05. The van der Waals surface area contributed by atoms with Crippen molar-refractivity contribution in [1.82, 2.24) is 15.2 Å². The van der Waals surface area contributed by atoms with Crippen molar-refractivity contribution in [2.75, 3.05) is 6.54 Å². The molecule has 1 aliphatic rings. The van der Waals surface area contributed by atoms with E-state index in [1.54, 1.807) is 4.90 Å². The Balaban J connectivity index is 1.87. The van der Waals surface area contributed by atoms with Crippen molar-refractivity contribution in [2.45, 2.75) is 46.2 Å². The van der Waals surface area contributed by atoms with Gasteiger partial charge >= 0.3 is 12.0 Å². The number of carbonyl (C=O) groups excluding carboxylic acids is 1. The fourth-order valence-corrected chi connectivity index (χ4v) is 2.57. The molecule has 2 rings (SSSR count). The first-order chi connectivity index (χ1) is 9.88. The second kappa shape index (κ2) is 6.15. The van der Waals surface area contributed by atoms with Gasteiger partial charge in [0.25, 0.3) is 0 Å². The Labute approximate surface area is 123 Å². The van der Waals surface area contributed by atoms with Crippen LogP contribution in [0.15, 0.2) is 4.42 Å². The van der Waals surface area contributed by atoms with Crippen LogP contribution in [0.2, 0.25) is 0 Å². The maximum Gasteiger partial charge on any atom is 0.318 e. The number of nitrogens with zero attached hydrogens (tertiary/aromatic N) is 2. The summed E-state index contributed by atoms with van der Waals surface area (Å²) in [7, 11) is 0. The second-order valence-electron chi connectivity index (χ2n) is 5.51. The molecular formula is C14H21N3O4. The highest BCUT2D eigenvalue weighted by atomic mass is 16.4. The van der Waals surface area contributed by atoms with Gasteiger partial charge in [-0.25, -0.2) is 9.78 Å². The van der Waals surface area contributed by atoms with Crippen LogP contribution >= 0.6 is 0 Å². The number of rotatable bonds is 3. The lowest BCUT2D eigenvalue weighted by atomic mass is 9.92. The molecule has 2 heterocycles. The zero-order valence-electron chi connectivity index (χ0n) is 12.5. The van der Waals surface area contributed by atoms with E-state index in [1.165, 1.54) is 0 Å². The molecule has 1 aliphatic heterocycles. The maximum absolute atomic E-state index is 12.1. The van der Waals surface area contributed by atoms with Crippen molar-refractivity contribution in [3.8, 4) is 0 Å². The van der Waals surface area contributed by atoms with E-state index < -0.39 is 5.97 Å². The molecule has 116 valence electrons. The number of aryl methyl sites for hydroxylation is 2. The van der Waals surface area contributed by atoms with Crippen LogP contribution in [0.4, 0.5) is 4.79 Å². The molecular weight excluding hydrogens is 274 g/mol. The van der Waals surface area contributed by atoms with Gasteiger partial charge in [-0.3, -0.25) is 4.79 Å². The lowest BCUT2D eigenvalue weighted by Gasteiger charge is -2.36. The van der Waals surface area contributed by atoms with E-state index >= 15 is 0 Å². The molecule has 0 spiro atoms. The molecule has 7 heteroatoms. The van der Waals surface area contributed by atoms with Gasteiger partial charge in [-0.05, 0) is 33.6 Å². The van der Waals surface area contributed by atoms with Crippen LogP contribution in [-0.2, 0) is 11.3 Å². The van der Waals surface area contributed by atoms with Gasteiger partial charge in [-0.1, -0.05) is 0 Å². The zero-order valence-corrected chi connectivity index (χ0v) is 12.5. The highest BCUT2D eigenvalue weighted by Gasteiger charge is 2.32. The number of hydrogen-bond acceptors (Lipinski definition) is 4. The van der Waals surface area contributed by atoms with E-state index in [2.05, 4.69) is 10.3 Å². The number of carboxylic acids is 1. The number of oxazole rings is 1.